The number of ether oxygens (including phenoxy) is 1. The fraction of sp³-hybridized carbons (Fsp3) is 0.692. The molecule has 19 heavy (non-hydrogen) atoms. The molecule has 1 aromatic heterocycles. The molecule has 1 aliphatic carbocycles. The molecule has 0 amide bonds. The third-order valence-electron chi connectivity index (χ3n) is 3.57. The number of aliphatic hydroxyl groups excluding tert-OH is 1. The van der Waals surface area contributed by atoms with E-state index in [-0.39, 0.29) is 18.2 Å². The van der Waals surface area contributed by atoms with Crippen LogP contribution in [0.1, 0.15) is 55.4 Å². The lowest BCUT2D eigenvalue weighted by atomic mass is 10.1. The summed E-state index contributed by atoms with van der Waals surface area (Å²) in [6, 6.07) is -0.279. The highest BCUT2D eigenvalue weighted by atomic mass is 16.5. The third kappa shape index (κ3) is 2.89. The van der Waals surface area contributed by atoms with Gasteiger partial charge in [-0.3, -0.25) is 4.79 Å². The molecule has 2 rings (SSSR count). The van der Waals surface area contributed by atoms with E-state index in [1.54, 1.807) is 6.92 Å². The van der Waals surface area contributed by atoms with Gasteiger partial charge < -0.3 is 14.9 Å². The predicted molar refractivity (Wildman–Crippen MR) is 69.1 cm³/mol. The lowest BCUT2D eigenvalue weighted by Crippen LogP contribution is -2.32. The number of nitrogens with zero attached hydrogens (tertiary/aromatic N) is 1. The standard InChI is InChI=1S/C13H20N2O4/c1-2-19-13(18)9-8-14-15(12(9)17)10-6-4-3-5-7-11(10)16/h8,10-11,14,16H,2-7H2,1H3. The molecule has 6 nitrogen and oxygen atoms in total. The van der Waals surface area contributed by atoms with Gasteiger partial charge in [-0.25, -0.2) is 9.48 Å². The van der Waals surface area contributed by atoms with Crippen LogP contribution in [0.25, 0.3) is 0 Å². The number of H-pyrrole nitrogens is 1. The maximum Gasteiger partial charge on any atom is 0.345 e. The summed E-state index contributed by atoms with van der Waals surface area (Å²) in [5.41, 5.74) is -0.414. The molecule has 1 saturated carbocycles. The number of esters is 1. The van der Waals surface area contributed by atoms with Gasteiger partial charge in [-0.05, 0) is 19.8 Å². The first kappa shape index (κ1) is 13.9. The van der Waals surface area contributed by atoms with Gasteiger partial charge in [0.1, 0.15) is 5.56 Å². The summed E-state index contributed by atoms with van der Waals surface area (Å²) in [6.45, 7) is 1.92. The molecule has 0 radical (unpaired) electrons. The van der Waals surface area contributed by atoms with E-state index < -0.39 is 17.6 Å². The molecule has 2 atom stereocenters. The Morgan fingerprint density at radius 3 is 2.95 bits per heavy atom. The van der Waals surface area contributed by atoms with E-state index in [4.69, 9.17) is 4.74 Å². The molecule has 0 spiro atoms. The molecule has 2 unspecified atom stereocenters. The van der Waals surface area contributed by atoms with Crippen LogP contribution < -0.4 is 5.56 Å². The summed E-state index contributed by atoms with van der Waals surface area (Å²) in [5, 5.41) is 12.9. The molecule has 2 N–H and O–H groups in total. The Morgan fingerprint density at radius 2 is 2.21 bits per heavy atom. The first-order valence-electron chi connectivity index (χ1n) is 6.80. The van der Waals surface area contributed by atoms with Crippen molar-refractivity contribution < 1.29 is 14.6 Å². The Hall–Kier alpha value is -1.56. The van der Waals surface area contributed by atoms with Gasteiger partial charge in [-0.1, -0.05) is 19.3 Å². The lowest BCUT2D eigenvalue weighted by Gasteiger charge is -2.20. The van der Waals surface area contributed by atoms with Crippen molar-refractivity contribution >= 4 is 5.97 Å². The van der Waals surface area contributed by atoms with Crippen LogP contribution in [-0.4, -0.2) is 33.6 Å². The number of rotatable bonds is 3. The van der Waals surface area contributed by atoms with Gasteiger partial charge in [0.15, 0.2) is 0 Å². The number of aliphatic hydroxyl groups is 1. The number of aromatic nitrogens is 2. The monoisotopic (exact) mass is 268 g/mol. The lowest BCUT2D eigenvalue weighted by molar-refractivity contribution is 0.0523. The van der Waals surface area contributed by atoms with E-state index in [1.165, 1.54) is 10.9 Å². The second-order valence-corrected chi connectivity index (χ2v) is 4.86. The molecule has 0 aliphatic heterocycles. The molecule has 1 fully saturated rings. The highest BCUT2D eigenvalue weighted by Gasteiger charge is 2.27. The zero-order valence-electron chi connectivity index (χ0n) is 11.1. The summed E-state index contributed by atoms with van der Waals surface area (Å²) in [5.74, 6) is -0.620. The normalized spacial score (nSPS) is 23.9. The number of hydrogen-bond acceptors (Lipinski definition) is 4. The van der Waals surface area contributed by atoms with Crippen molar-refractivity contribution in [2.75, 3.05) is 6.61 Å². The topological polar surface area (TPSA) is 84.3 Å². The molecule has 0 saturated heterocycles. The number of carbonyl (C=O) groups is 1. The quantitative estimate of drug-likeness (QED) is 0.637. The highest BCUT2D eigenvalue weighted by Crippen LogP contribution is 2.26. The molecular weight excluding hydrogens is 248 g/mol. The van der Waals surface area contributed by atoms with E-state index in [2.05, 4.69) is 5.10 Å². The van der Waals surface area contributed by atoms with E-state index in [1.807, 2.05) is 0 Å². The Kier molecular flexibility index (Phi) is 4.42. The van der Waals surface area contributed by atoms with Crippen molar-refractivity contribution in [2.45, 2.75) is 51.2 Å². The SMILES string of the molecule is CCOC(=O)c1c[nH]n(C2CCCCCC2O)c1=O. The zero-order valence-corrected chi connectivity index (χ0v) is 11.1. The van der Waals surface area contributed by atoms with Crippen LogP contribution in [0.4, 0.5) is 0 Å². The molecule has 6 heteroatoms. The average Bonchev–Trinajstić information content (AvgIpc) is 2.62. The average molecular weight is 268 g/mol. The minimum absolute atomic E-state index is 0.00158. The first-order chi connectivity index (χ1) is 9.15. The Morgan fingerprint density at radius 1 is 1.47 bits per heavy atom. The molecule has 0 aromatic carbocycles. The van der Waals surface area contributed by atoms with Gasteiger partial charge in [-0.15, -0.1) is 0 Å². The summed E-state index contributed by atoms with van der Waals surface area (Å²) in [6.07, 6.45) is 5.24. The third-order valence-corrected chi connectivity index (χ3v) is 3.57. The second-order valence-electron chi connectivity index (χ2n) is 4.86. The van der Waals surface area contributed by atoms with E-state index in [9.17, 15) is 14.7 Å². The van der Waals surface area contributed by atoms with Gasteiger partial charge in [0.05, 0.1) is 18.8 Å². The van der Waals surface area contributed by atoms with Crippen molar-refractivity contribution in [3.8, 4) is 0 Å². The van der Waals surface area contributed by atoms with Gasteiger partial charge in [0.25, 0.3) is 5.56 Å². The van der Waals surface area contributed by atoms with Crippen LogP contribution in [0, 0.1) is 0 Å². The van der Waals surface area contributed by atoms with Gasteiger partial charge in [-0.2, -0.15) is 0 Å². The van der Waals surface area contributed by atoms with E-state index in [0.29, 0.717) is 6.42 Å². The number of hydrogen-bond donors (Lipinski definition) is 2. The zero-order chi connectivity index (χ0) is 13.8. The minimum atomic E-state index is -0.620. The second kappa shape index (κ2) is 6.06. The van der Waals surface area contributed by atoms with Crippen molar-refractivity contribution in [3.05, 3.63) is 22.1 Å². The fourth-order valence-corrected chi connectivity index (χ4v) is 2.56. The fourth-order valence-electron chi connectivity index (χ4n) is 2.56. The van der Waals surface area contributed by atoms with Gasteiger partial charge in [0.2, 0.25) is 0 Å². The molecule has 0 bridgehead atoms. The molecule has 106 valence electrons. The Bertz CT molecular complexity index is 491. The van der Waals surface area contributed by atoms with Gasteiger partial charge >= 0.3 is 5.97 Å². The summed E-state index contributed by atoms with van der Waals surface area (Å²) in [7, 11) is 0. The molecule has 1 aliphatic rings. The predicted octanol–water partition coefficient (Wildman–Crippen LogP) is 1.22. The number of nitrogens with one attached hydrogen (secondary N) is 1. The largest absolute Gasteiger partial charge is 0.462 e. The van der Waals surface area contributed by atoms with E-state index in [0.717, 1.165) is 25.7 Å². The van der Waals surface area contributed by atoms with Crippen molar-refractivity contribution in [3.63, 3.8) is 0 Å². The van der Waals surface area contributed by atoms with Crippen LogP contribution in [0.5, 0.6) is 0 Å². The molecular formula is C13H20N2O4. The minimum Gasteiger partial charge on any atom is -0.462 e. The van der Waals surface area contributed by atoms with Crippen LogP contribution in [0.3, 0.4) is 0 Å². The maximum absolute atomic E-state index is 12.2. The van der Waals surface area contributed by atoms with Crippen molar-refractivity contribution in [1.29, 1.82) is 0 Å². The Labute approximate surface area is 111 Å². The van der Waals surface area contributed by atoms with Crippen LogP contribution in [0.15, 0.2) is 11.0 Å². The van der Waals surface area contributed by atoms with Crippen molar-refractivity contribution in [2.24, 2.45) is 0 Å². The number of carbonyl (C=O) groups excluding carboxylic acids is 1. The van der Waals surface area contributed by atoms with Crippen LogP contribution in [0.2, 0.25) is 0 Å². The van der Waals surface area contributed by atoms with Gasteiger partial charge in [0, 0.05) is 6.20 Å². The summed E-state index contributed by atoms with van der Waals surface area (Å²) in [4.78, 5) is 23.8. The van der Waals surface area contributed by atoms with Crippen LogP contribution >= 0.6 is 0 Å². The summed E-state index contributed by atoms with van der Waals surface area (Å²) < 4.78 is 6.19. The van der Waals surface area contributed by atoms with Crippen molar-refractivity contribution in [1.82, 2.24) is 9.78 Å². The highest BCUT2D eigenvalue weighted by molar-refractivity contribution is 5.88. The molecule has 1 aromatic rings. The first-order valence-corrected chi connectivity index (χ1v) is 6.80. The van der Waals surface area contributed by atoms with Crippen LogP contribution in [-0.2, 0) is 4.74 Å². The summed E-state index contributed by atoms with van der Waals surface area (Å²) >= 11 is 0. The Balaban J connectivity index is 2.25. The van der Waals surface area contributed by atoms with E-state index >= 15 is 0 Å². The smallest absolute Gasteiger partial charge is 0.345 e. The molecule has 1 heterocycles. The number of aromatic amines is 1. The maximum atomic E-state index is 12.2.